The quantitative estimate of drug-likeness (QED) is 0.700. The van der Waals surface area contributed by atoms with Gasteiger partial charge in [-0.2, -0.15) is 16.6 Å². The molecule has 10 heavy (non-hydrogen) atoms. The van der Waals surface area contributed by atoms with Crippen molar-refractivity contribution in [3.8, 4) is 6.07 Å². The molecule has 2 N–H and O–H groups in total. The molecular weight excluding hydrogens is 144 g/mol. The van der Waals surface area contributed by atoms with Crippen molar-refractivity contribution in [1.82, 2.24) is 0 Å². The summed E-state index contributed by atoms with van der Waals surface area (Å²) in [5, 5.41) is 12.2. The lowest BCUT2D eigenvalue weighted by Crippen LogP contribution is -2.07. The molecule has 1 aromatic heterocycles. The Labute approximate surface area is 63.9 Å². The standard InChI is InChI=1S/C7H8N2S/c8-3-1-7(9)6-2-4-10-5-6/h2,4-5,7H,1,9H2/t7-/m1/s1. The molecular formula is C7H8N2S. The second-order valence-corrected chi connectivity index (χ2v) is 2.81. The predicted octanol–water partition coefficient (Wildman–Crippen LogP) is 1.66. The molecule has 3 heteroatoms. The minimum Gasteiger partial charge on any atom is -0.323 e. The zero-order chi connectivity index (χ0) is 7.40. The van der Waals surface area contributed by atoms with Crippen LogP contribution in [0.5, 0.6) is 0 Å². The van der Waals surface area contributed by atoms with Crippen LogP contribution < -0.4 is 5.73 Å². The predicted molar refractivity (Wildman–Crippen MR) is 41.5 cm³/mol. The van der Waals surface area contributed by atoms with Crippen molar-refractivity contribution >= 4 is 11.3 Å². The Morgan fingerprint density at radius 1 is 1.80 bits per heavy atom. The van der Waals surface area contributed by atoms with E-state index in [9.17, 15) is 0 Å². The van der Waals surface area contributed by atoms with Crippen molar-refractivity contribution in [3.63, 3.8) is 0 Å². The summed E-state index contributed by atoms with van der Waals surface area (Å²) in [6.07, 6.45) is 0.400. The molecule has 0 amide bonds. The lowest BCUT2D eigenvalue weighted by atomic mass is 10.1. The second-order valence-electron chi connectivity index (χ2n) is 2.03. The molecule has 0 unspecified atom stereocenters. The summed E-state index contributed by atoms with van der Waals surface area (Å²) >= 11 is 1.60. The van der Waals surface area contributed by atoms with E-state index in [1.807, 2.05) is 22.9 Å². The first-order valence-electron chi connectivity index (χ1n) is 2.99. The lowest BCUT2D eigenvalue weighted by molar-refractivity contribution is 0.752. The summed E-state index contributed by atoms with van der Waals surface area (Å²) in [6.45, 7) is 0. The van der Waals surface area contributed by atoms with E-state index in [1.54, 1.807) is 11.3 Å². The highest BCUT2D eigenvalue weighted by atomic mass is 32.1. The fourth-order valence-corrected chi connectivity index (χ4v) is 1.43. The van der Waals surface area contributed by atoms with Gasteiger partial charge < -0.3 is 5.73 Å². The highest BCUT2D eigenvalue weighted by Gasteiger charge is 2.03. The monoisotopic (exact) mass is 152 g/mol. The van der Waals surface area contributed by atoms with Gasteiger partial charge in [-0.05, 0) is 22.4 Å². The molecule has 1 aromatic rings. The Kier molecular flexibility index (Phi) is 2.43. The van der Waals surface area contributed by atoms with Gasteiger partial charge in [0, 0.05) is 6.04 Å². The molecule has 0 bridgehead atoms. The number of nitrogens with two attached hydrogens (primary N) is 1. The number of hydrogen-bond acceptors (Lipinski definition) is 3. The van der Waals surface area contributed by atoms with E-state index in [-0.39, 0.29) is 6.04 Å². The van der Waals surface area contributed by atoms with E-state index in [4.69, 9.17) is 11.0 Å². The van der Waals surface area contributed by atoms with E-state index < -0.39 is 0 Å². The first kappa shape index (κ1) is 7.26. The first-order valence-corrected chi connectivity index (χ1v) is 3.93. The van der Waals surface area contributed by atoms with Crippen molar-refractivity contribution in [3.05, 3.63) is 22.4 Å². The largest absolute Gasteiger partial charge is 0.323 e. The van der Waals surface area contributed by atoms with Crippen LogP contribution in [0, 0.1) is 11.3 Å². The van der Waals surface area contributed by atoms with E-state index in [1.165, 1.54) is 0 Å². The van der Waals surface area contributed by atoms with Crippen LogP contribution in [-0.4, -0.2) is 0 Å². The normalized spacial score (nSPS) is 12.4. The molecule has 0 aliphatic carbocycles. The van der Waals surface area contributed by atoms with Crippen molar-refractivity contribution in [2.24, 2.45) is 5.73 Å². The van der Waals surface area contributed by atoms with Crippen LogP contribution in [0.25, 0.3) is 0 Å². The fourth-order valence-electron chi connectivity index (χ4n) is 0.702. The van der Waals surface area contributed by atoms with Gasteiger partial charge in [0.1, 0.15) is 0 Å². The van der Waals surface area contributed by atoms with Crippen LogP contribution in [0.4, 0.5) is 0 Å². The van der Waals surface area contributed by atoms with Gasteiger partial charge in [0.05, 0.1) is 12.5 Å². The lowest BCUT2D eigenvalue weighted by Gasteiger charge is -2.01. The maximum atomic E-state index is 8.31. The number of rotatable bonds is 2. The van der Waals surface area contributed by atoms with Gasteiger partial charge in [0.2, 0.25) is 0 Å². The highest BCUT2D eigenvalue weighted by Crippen LogP contribution is 2.15. The number of nitriles is 1. The van der Waals surface area contributed by atoms with E-state index in [0.29, 0.717) is 6.42 Å². The fraction of sp³-hybridized carbons (Fsp3) is 0.286. The molecule has 0 aromatic carbocycles. The Morgan fingerprint density at radius 3 is 3.10 bits per heavy atom. The number of hydrogen-bond donors (Lipinski definition) is 1. The average Bonchev–Trinajstić information content (AvgIpc) is 2.38. The Bertz CT molecular complexity index is 222. The van der Waals surface area contributed by atoms with Crippen LogP contribution in [0.2, 0.25) is 0 Å². The maximum absolute atomic E-state index is 8.31. The molecule has 0 saturated carbocycles. The summed E-state index contributed by atoms with van der Waals surface area (Å²) in [5.74, 6) is 0. The van der Waals surface area contributed by atoms with E-state index in [0.717, 1.165) is 5.56 Å². The molecule has 0 saturated heterocycles. The first-order chi connectivity index (χ1) is 4.84. The highest BCUT2D eigenvalue weighted by molar-refractivity contribution is 7.07. The van der Waals surface area contributed by atoms with Gasteiger partial charge in [-0.1, -0.05) is 0 Å². The molecule has 0 aliphatic heterocycles. The van der Waals surface area contributed by atoms with Gasteiger partial charge in [-0.15, -0.1) is 0 Å². The SMILES string of the molecule is N#CC[C@@H](N)c1ccsc1. The Hall–Kier alpha value is -0.850. The van der Waals surface area contributed by atoms with Gasteiger partial charge in [0.15, 0.2) is 0 Å². The molecule has 52 valence electrons. The van der Waals surface area contributed by atoms with Crippen molar-refractivity contribution in [2.45, 2.75) is 12.5 Å². The van der Waals surface area contributed by atoms with Crippen molar-refractivity contribution < 1.29 is 0 Å². The molecule has 0 spiro atoms. The third-order valence-corrected chi connectivity index (χ3v) is 1.98. The van der Waals surface area contributed by atoms with Gasteiger partial charge >= 0.3 is 0 Å². The van der Waals surface area contributed by atoms with Crippen LogP contribution in [0.1, 0.15) is 18.0 Å². The minimum atomic E-state index is -0.101. The molecule has 1 atom stereocenters. The summed E-state index contributed by atoms with van der Waals surface area (Å²) in [4.78, 5) is 0. The third kappa shape index (κ3) is 1.56. The summed E-state index contributed by atoms with van der Waals surface area (Å²) < 4.78 is 0. The summed E-state index contributed by atoms with van der Waals surface area (Å²) in [6, 6.07) is 3.89. The second kappa shape index (κ2) is 3.35. The third-order valence-electron chi connectivity index (χ3n) is 1.28. The molecule has 1 rings (SSSR count). The zero-order valence-corrected chi connectivity index (χ0v) is 6.27. The zero-order valence-electron chi connectivity index (χ0n) is 5.45. The van der Waals surface area contributed by atoms with Crippen LogP contribution in [0.3, 0.4) is 0 Å². The summed E-state index contributed by atoms with van der Waals surface area (Å²) in [5.41, 5.74) is 6.70. The van der Waals surface area contributed by atoms with E-state index in [2.05, 4.69) is 0 Å². The Morgan fingerprint density at radius 2 is 2.60 bits per heavy atom. The molecule has 0 fully saturated rings. The van der Waals surface area contributed by atoms with Crippen LogP contribution in [0.15, 0.2) is 16.8 Å². The van der Waals surface area contributed by atoms with Gasteiger partial charge in [0.25, 0.3) is 0 Å². The summed E-state index contributed by atoms with van der Waals surface area (Å²) in [7, 11) is 0. The number of thiophene rings is 1. The van der Waals surface area contributed by atoms with E-state index >= 15 is 0 Å². The maximum Gasteiger partial charge on any atom is 0.0641 e. The minimum absolute atomic E-state index is 0.101. The molecule has 1 heterocycles. The molecule has 2 nitrogen and oxygen atoms in total. The van der Waals surface area contributed by atoms with Crippen molar-refractivity contribution in [2.75, 3.05) is 0 Å². The number of nitrogens with zero attached hydrogens (tertiary/aromatic N) is 1. The van der Waals surface area contributed by atoms with Crippen LogP contribution in [-0.2, 0) is 0 Å². The smallest absolute Gasteiger partial charge is 0.0641 e. The van der Waals surface area contributed by atoms with Crippen LogP contribution >= 0.6 is 11.3 Å². The Balaban J connectivity index is 2.61. The topological polar surface area (TPSA) is 49.8 Å². The molecule has 0 radical (unpaired) electrons. The van der Waals surface area contributed by atoms with Crippen molar-refractivity contribution in [1.29, 1.82) is 5.26 Å². The van der Waals surface area contributed by atoms with Gasteiger partial charge in [-0.25, -0.2) is 0 Å². The average molecular weight is 152 g/mol. The van der Waals surface area contributed by atoms with Gasteiger partial charge in [-0.3, -0.25) is 0 Å². The molecule has 0 aliphatic rings.